The number of Topliss-reactive ketones (excluding diaryl/α,β-unsaturated/α-hetero) is 1. The molecular weight excluding hydrogens is 1590 g/mol. The number of carbonyl (C=O) groups excluding carboxylic acids is 10. The minimum absolute atomic E-state index is 0.0186. The number of aliphatic hydroxyl groups is 2. The third kappa shape index (κ3) is 21.8. The Hall–Kier alpha value is -5.22. The summed E-state index contributed by atoms with van der Waals surface area (Å²) in [5, 5.41) is 21.3. The van der Waals surface area contributed by atoms with Crippen molar-refractivity contribution in [2.75, 3.05) is 6.61 Å². The van der Waals surface area contributed by atoms with E-state index in [1.807, 2.05) is 125 Å². The van der Waals surface area contributed by atoms with Crippen LogP contribution >= 0.6 is 0 Å². The van der Waals surface area contributed by atoms with Crippen molar-refractivity contribution >= 4 is 59.5 Å². The van der Waals surface area contributed by atoms with E-state index in [2.05, 4.69) is 34.6 Å². The number of ketones is 1. The number of ether oxygens (including phenoxy) is 10. The first-order valence-electron chi connectivity index (χ1n) is 49.3. The van der Waals surface area contributed by atoms with Crippen LogP contribution in [0.3, 0.4) is 0 Å². The average Bonchev–Trinajstić information content (AvgIpc) is 1.55. The van der Waals surface area contributed by atoms with Gasteiger partial charge in [-0.25, -0.2) is 4.79 Å². The van der Waals surface area contributed by atoms with Crippen molar-refractivity contribution in [2.45, 2.75) is 469 Å². The van der Waals surface area contributed by atoms with Crippen molar-refractivity contribution in [2.24, 2.45) is 114 Å². The molecule has 712 valence electrons. The maximum atomic E-state index is 12.7. The lowest BCUT2D eigenvalue weighted by atomic mass is 9.52. The topological polar surface area (TPSA) is 303 Å². The Balaban J connectivity index is 0.000000153. The van der Waals surface area contributed by atoms with Crippen LogP contribution in [0.25, 0.3) is 0 Å². The summed E-state index contributed by atoms with van der Waals surface area (Å²) < 4.78 is 55.9. The first-order chi connectivity index (χ1) is 57.7. The normalized spacial score (nSPS) is 37.1. The first-order valence-corrected chi connectivity index (χ1v) is 49.3. The standard InChI is InChI=1S/C20H32O2.2C16H26O3.C15H28O2.C14H20O4.C12H20O4.C10H16O4/c1-5-19(3,4)18(21)22-20(6-2)11-14-10-15(20)17-13-8-7-12(9-13)16(14)17;2*1-4-14(2,3)13(17)19-16-8-11-5-12(9-16)7-15(18,6-11)10-16;1-7-14(5,6)12(16)17-15(13(2,3)4)10-8-9-11-15;1-4-14(2,3)13(16)18-12-8-5-9(15)7-6-10(12)17-11(7)8;1-6-11(3,4)10(14)16-12(5)7-9(13)15-8(12)2;1-4-10(2,3)9(12)14-7-5-6-13-8(7)11/h12-17H,5-11H2,1-4H3;2*11-12,18H,4-10H2,1-3H3;7-11H2,1-6H3;7-8,10-12H,4-6H2,1-3H3;8H,6-7H2,1-5H3;7H,4-6H2,1-3H3. The van der Waals surface area contributed by atoms with Gasteiger partial charge in [-0.1, -0.05) is 76.2 Å². The second-order valence-corrected chi connectivity index (χ2v) is 48.2. The van der Waals surface area contributed by atoms with Crippen LogP contribution in [0.1, 0.15) is 399 Å². The van der Waals surface area contributed by atoms with Gasteiger partial charge in [-0.2, -0.15) is 0 Å². The summed E-state index contributed by atoms with van der Waals surface area (Å²) in [6.07, 6.45) is 29.6. The van der Waals surface area contributed by atoms with Gasteiger partial charge >= 0.3 is 53.7 Å². The van der Waals surface area contributed by atoms with Crippen LogP contribution < -0.4 is 0 Å². The maximum absolute atomic E-state index is 12.7. The van der Waals surface area contributed by atoms with E-state index >= 15 is 0 Å². The monoisotopic (exact) mass is 1760 g/mol. The number of esters is 9. The van der Waals surface area contributed by atoms with Crippen molar-refractivity contribution < 1.29 is 106 Å². The number of rotatable bonds is 22. The molecule has 0 aromatic rings. The second kappa shape index (κ2) is 37.4. The van der Waals surface area contributed by atoms with E-state index in [4.69, 9.17) is 47.4 Å². The van der Waals surface area contributed by atoms with Gasteiger partial charge in [0, 0.05) is 48.9 Å². The molecule has 14 aliphatic carbocycles. The lowest BCUT2D eigenvalue weighted by Gasteiger charge is -2.59. The van der Waals surface area contributed by atoms with E-state index in [-0.39, 0.29) is 129 Å². The molecule has 4 aliphatic heterocycles. The number of hydrogen-bond donors (Lipinski definition) is 2. The van der Waals surface area contributed by atoms with Crippen LogP contribution in [0, 0.1) is 114 Å². The van der Waals surface area contributed by atoms with Crippen LogP contribution in [0.2, 0.25) is 0 Å². The highest BCUT2D eigenvalue weighted by molar-refractivity contribution is 5.86. The van der Waals surface area contributed by atoms with E-state index in [1.165, 1.54) is 51.4 Å². The van der Waals surface area contributed by atoms with Crippen LogP contribution in [0.15, 0.2) is 0 Å². The fourth-order valence-corrected chi connectivity index (χ4v) is 24.4. The average molecular weight is 1760 g/mol. The fourth-order valence-electron chi connectivity index (χ4n) is 24.4. The van der Waals surface area contributed by atoms with Crippen LogP contribution in [0.5, 0.6) is 0 Å². The number of hydrogen-bond acceptors (Lipinski definition) is 22. The molecule has 4 heterocycles. The van der Waals surface area contributed by atoms with Gasteiger partial charge in [0.05, 0.1) is 74.3 Å². The molecule has 22 nitrogen and oxygen atoms in total. The van der Waals surface area contributed by atoms with Crippen molar-refractivity contribution in [3.8, 4) is 0 Å². The van der Waals surface area contributed by atoms with Gasteiger partial charge in [0.15, 0.2) is 5.60 Å². The van der Waals surface area contributed by atoms with Gasteiger partial charge in [-0.05, 0) is 344 Å². The van der Waals surface area contributed by atoms with E-state index in [1.54, 1.807) is 27.7 Å². The Bertz CT molecular complexity index is 3780. The Kier molecular flexibility index (Phi) is 30.5. The smallest absolute Gasteiger partial charge is 0.347 e. The van der Waals surface area contributed by atoms with Gasteiger partial charge in [-0.3, -0.25) is 43.2 Å². The molecule has 19 unspecified atom stereocenters. The molecule has 14 saturated carbocycles. The number of cyclic esters (lactones) is 2. The quantitative estimate of drug-likeness (QED) is 0.0578. The number of fused-ring (bicyclic) bond motifs is 10. The van der Waals surface area contributed by atoms with Crippen LogP contribution in [-0.2, 0) is 95.3 Å². The molecule has 14 bridgehead atoms. The molecule has 18 aliphatic rings. The molecular formula is C103H168O22. The Morgan fingerprint density at radius 2 is 0.864 bits per heavy atom. The second-order valence-electron chi connectivity index (χ2n) is 48.2. The minimum Gasteiger partial charge on any atom is -0.463 e. The summed E-state index contributed by atoms with van der Waals surface area (Å²) in [5.41, 5.74) is -6.00. The molecule has 0 spiro atoms. The SMILES string of the molecule is CCC(C)(C)C(=O)OC1(C(C)(C)C)CCCC1.CCC(C)(C)C(=O)OC1(C)CC(=O)OC1C.CCC(C)(C)C(=O)OC1(CC)CC2CC1C1C3CCC(C3)C21.CCC(C)(C)C(=O)OC12CC3CC(CC(O)(C3)C1)C2.CCC(C)(C)C(=O)OC12CC3CC(CC(O)(C3)C1)C2.CCC(C)(C)C(=O)OC1C2CC3C(=O)CC1C3O2.CCC(C)(C)C(=O)OC1CCOC1=O. The zero-order valence-corrected chi connectivity index (χ0v) is 82.4. The molecule has 2 N–H and O–H groups in total. The number of carbonyl (C=O) groups is 10. The largest absolute Gasteiger partial charge is 0.463 e. The molecule has 0 radical (unpaired) electrons. The van der Waals surface area contributed by atoms with Crippen molar-refractivity contribution in [1.82, 2.24) is 0 Å². The summed E-state index contributed by atoms with van der Waals surface area (Å²) in [4.78, 5) is 119. The molecule has 18 rings (SSSR count). The van der Waals surface area contributed by atoms with Crippen molar-refractivity contribution in [1.29, 1.82) is 0 Å². The lowest BCUT2D eigenvalue weighted by molar-refractivity contribution is -0.226. The zero-order valence-electron chi connectivity index (χ0n) is 82.4. The third-order valence-corrected chi connectivity index (χ3v) is 35.1. The minimum atomic E-state index is -0.819. The van der Waals surface area contributed by atoms with Crippen LogP contribution in [-0.4, -0.2) is 146 Å². The summed E-state index contributed by atoms with van der Waals surface area (Å²) in [6.45, 7) is 53.5. The first kappa shape index (κ1) is 102. The summed E-state index contributed by atoms with van der Waals surface area (Å²) in [7, 11) is 0. The molecule has 0 amide bonds. The molecule has 19 atom stereocenters. The summed E-state index contributed by atoms with van der Waals surface area (Å²) >= 11 is 0. The zero-order chi connectivity index (χ0) is 93.2. The van der Waals surface area contributed by atoms with Gasteiger partial charge in [-0.15, -0.1) is 0 Å². The summed E-state index contributed by atoms with van der Waals surface area (Å²) in [6, 6.07) is 0. The van der Waals surface area contributed by atoms with Crippen molar-refractivity contribution in [3.63, 3.8) is 0 Å². The molecule has 0 aromatic heterocycles. The van der Waals surface area contributed by atoms with Gasteiger partial charge < -0.3 is 57.6 Å². The van der Waals surface area contributed by atoms with E-state index in [9.17, 15) is 58.2 Å². The molecule has 22 heteroatoms. The van der Waals surface area contributed by atoms with Gasteiger partial charge in [0.25, 0.3) is 0 Å². The molecule has 4 saturated heterocycles. The highest BCUT2D eigenvalue weighted by Crippen LogP contribution is 2.71. The van der Waals surface area contributed by atoms with E-state index in [0.717, 1.165) is 145 Å². The highest BCUT2D eigenvalue weighted by atomic mass is 16.6. The Morgan fingerprint density at radius 1 is 0.456 bits per heavy atom. The predicted octanol–water partition coefficient (Wildman–Crippen LogP) is 20.3. The highest BCUT2D eigenvalue weighted by Gasteiger charge is 2.69. The van der Waals surface area contributed by atoms with Crippen molar-refractivity contribution in [3.05, 3.63) is 0 Å². The van der Waals surface area contributed by atoms with Crippen LogP contribution in [0.4, 0.5) is 0 Å². The Morgan fingerprint density at radius 3 is 1.26 bits per heavy atom. The molecule has 18 fully saturated rings. The Labute approximate surface area is 750 Å². The maximum Gasteiger partial charge on any atom is 0.347 e. The molecule has 125 heavy (non-hydrogen) atoms. The third-order valence-electron chi connectivity index (χ3n) is 35.1. The van der Waals surface area contributed by atoms with Gasteiger partial charge in [0.1, 0.15) is 40.4 Å². The summed E-state index contributed by atoms with van der Waals surface area (Å²) in [5.74, 6) is 6.42. The van der Waals surface area contributed by atoms with E-state index in [0.29, 0.717) is 80.5 Å². The lowest BCUT2D eigenvalue weighted by Crippen LogP contribution is -2.61. The van der Waals surface area contributed by atoms with E-state index < -0.39 is 56.0 Å². The molecule has 0 aromatic carbocycles. The predicted molar refractivity (Wildman–Crippen MR) is 475 cm³/mol. The fraction of sp³-hybridized carbons (Fsp3) is 0.903. The van der Waals surface area contributed by atoms with Gasteiger partial charge in [0.2, 0.25) is 6.10 Å².